The SMILES string of the molecule is CC(C)(C)OC(=O)N1C[C@H](Oc2ccc(Cl)cc2C(C)(C)C)C[C@@H]1C(=O)O. The van der Waals surface area contributed by atoms with Crippen molar-refractivity contribution >= 4 is 23.7 Å². The van der Waals surface area contributed by atoms with Crippen LogP contribution in [-0.4, -0.2) is 46.4 Å². The van der Waals surface area contributed by atoms with Crippen LogP contribution in [0.2, 0.25) is 5.02 Å². The van der Waals surface area contributed by atoms with Gasteiger partial charge in [-0.05, 0) is 44.4 Å². The summed E-state index contributed by atoms with van der Waals surface area (Å²) in [7, 11) is 0. The van der Waals surface area contributed by atoms with Gasteiger partial charge >= 0.3 is 12.1 Å². The Hall–Kier alpha value is -1.95. The van der Waals surface area contributed by atoms with Crippen LogP contribution >= 0.6 is 11.6 Å². The van der Waals surface area contributed by atoms with Gasteiger partial charge < -0.3 is 14.6 Å². The van der Waals surface area contributed by atoms with E-state index in [0.717, 1.165) is 5.56 Å². The summed E-state index contributed by atoms with van der Waals surface area (Å²) in [5.41, 5.74) is 0.0301. The highest BCUT2D eigenvalue weighted by Crippen LogP contribution is 2.35. The number of rotatable bonds is 3. The van der Waals surface area contributed by atoms with Crippen molar-refractivity contribution in [1.82, 2.24) is 4.90 Å². The Kier molecular flexibility index (Phi) is 6.00. The molecule has 1 N–H and O–H groups in total. The molecule has 2 atom stereocenters. The van der Waals surface area contributed by atoms with Crippen LogP contribution in [0.25, 0.3) is 0 Å². The van der Waals surface area contributed by atoms with Gasteiger partial charge in [-0.3, -0.25) is 4.90 Å². The van der Waals surface area contributed by atoms with E-state index >= 15 is 0 Å². The van der Waals surface area contributed by atoms with Crippen LogP contribution in [0.1, 0.15) is 53.5 Å². The number of hydrogen-bond acceptors (Lipinski definition) is 4. The second-order valence-corrected chi connectivity index (χ2v) is 9.29. The highest BCUT2D eigenvalue weighted by molar-refractivity contribution is 6.30. The Morgan fingerprint density at radius 2 is 1.81 bits per heavy atom. The molecule has 2 rings (SSSR count). The van der Waals surface area contributed by atoms with Crippen LogP contribution in [0.15, 0.2) is 18.2 Å². The molecule has 1 aliphatic rings. The van der Waals surface area contributed by atoms with Gasteiger partial charge in [-0.2, -0.15) is 0 Å². The Bertz CT molecular complexity index is 720. The van der Waals surface area contributed by atoms with Crippen molar-refractivity contribution < 1.29 is 24.2 Å². The molecule has 0 saturated carbocycles. The number of carbonyl (C=O) groups is 2. The van der Waals surface area contributed by atoms with Gasteiger partial charge in [-0.25, -0.2) is 9.59 Å². The quantitative estimate of drug-likeness (QED) is 0.813. The number of benzene rings is 1. The van der Waals surface area contributed by atoms with Gasteiger partial charge in [0.05, 0.1) is 6.54 Å². The van der Waals surface area contributed by atoms with Crippen LogP contribution in [0, 0.1) is 0 Å². The smallest absolute Gasteiger partial charge is 0.411 e. The first kappa shape index (κ1) is 21.4. The fourth-order valence-electron chi connectivity index (χ4n) is 3.01. The average Bonchev–Trinajstić information content (AvgIpc) is 2.90. The summed E-state index contributed by atoms with van der Waals surface area (Å²) < 4.78 is 11.5. The molecule has 27 heavy (non-hydrogen) atoms. The summed E-state index contributed by atoms with van der Waals surface area (Å²) in [4.78, 5) is 25.3. The molecule has 1 fully saturated rings. The number of aliphatic carboxylic acids is 1. The summed E-state index contributed by atoms with van der Waals surface area (Å²) in [5, 5.41) is 10.1. The Morgan fingerprint density at radius 1 is 1.19 bits per heavy atom. The van der Waals surface area contributed by atoms with Crippen molar-refractivity contribution in [3.05, 3.63) is 28.8 Å². The molecule has 1 aromatic carbocycles. The first-order chi connectivity index (χ1) is 12.3. The number of likely N-dealkylation sites (tertiary alicyclic amines) is 1. The molecule has 1 aliphatic heterocycles. The molecule has 0 aromatic heterocycles. The molecule has 1 aromatic rings. The third-order valence-corrected chi connectivity index (χ3v) is 4.45. The third-order valence-electron chi connectivity index (χ3n) is 4.22. The zero-order valence-corrected chi connectivity index (χ0v) is 17.5. The first-order valence-electron chi connectivity index (χ1n) is 8.97. The van der Waals surface area contributed by atoms with Gasteiger partial charge in [0.25, 0.3) is 0 Å². The number of hydrogen-bond donors (Lipinski definition) is 1. The van der Waals surface area contributed by atoms with Crippen molar-refractivity contribution in [1.29, 1.82) is 0 Å². The van der Waals surface area contributed by atoms with Crippen molar-refractivity contribution in [2.45, 2.75) is 71.1 Å². The largest absolute Gasteiger partial charge is 0.488 e. The van der Waals surface area contributed by atoms with Crippen molar-refractivity contribution in [2.24, 2.45) is 0 Å². The second-order valence-electron chi connectivity index (χ2n) is 8.85. The lowest BCUT2D eigenvalue weighted by Crippen LogP contribution is -2.43. The van der Waals surface area contributed by atoms with Gasteiger partial charge in [-0.15, -0.1) is 0 Å². The number of amides is 1. The molecule has 150 valence electrons. The molecule has 7 heteroatoms. The summed E-state index contributed by atoms with van der Waals surface area (Å²) in [6.07, 6.45) is -0.894. The minimum absolute atomic E-state index is 0.151. The number of nitrogens with zero attached hydrogens (tertiary/aromatic N) is 1. The van der Waals surface area contributed by atoms with Crippen LogP contribution in [0.3, 0.4) is 0 Å². The lowest BCUT2D eigenvalue weighted by atomic mass is 9.86. The zero-order chi connectivity index (χ0) is 20.6. The van der Waals surface area contributed by atoms with E-state index in [2.05, 4.69) is 0 Å². The van der Waals surface area contributed by atoms with E-state index in [1.165, 1.54) is 4.90 Å². The fraction of sp³-hybridized carbons (Fsp3) is 0.600. The second kappa shape index (κ2) is 7.58. The molecule has 0 bridgehead atoms. The summed E-state index contributed by atoms with van der Waals surface area (Å²) in [5.74, 6) is -0.425. The third kappa shape index (κ3) is 5.51. The number of carboxylic acid groups (broad SMARTS) is 1. The fourth-order valence-corrected chi connectivity index (χ4v) is 3.18. The minimum atomic E-state index is -1.07. The number of carboxylic acids is 1. The van der Waals surface area contributed by atoms with Gasteiger partial charge in [0, 0.05) is 17.0 Å². The van der Waals surface area contributed by atoms with E-state index in [9.17, 15) is 14.7 Å². The topological polar surface area (TPSA) is 76.1 Å². The maximum Gasteiger partial charge on any atom is 0.411 e. The van der Waals surface area contributed by atoms with Crippen LogP contribution in [-0.2, 0) is 14.9 Å². The normalized spacial score (nSPS) is 20.5. The lowest BCUT2D eigenvalue weighted by molar-refractivity contribution is -0.142. The van der Waals surface area contributed by atoms with Crippen molar-refractivity contribution in [2.75, 3.05) is 6.54 Å². The first-order valence-corrected chi connectivity index (χ1v) is 9.35. The van der Waals surface area contributed by atoms with Gasteiger partial charge in [0.1, 0.15) is 23.5 Å². The predicted molar refractivity (Wildman–Crippen MR) is 104 cm³/mol. The number of halogens is 1. The van der Waals surface area contributed by atoms with Crippen LogP contribution in [0.5, 0.6) is 5.75 Å². The number of ether oxygens (including phenoxy) is 2. The van der Waals surface area contributed by atoms with Crippen molar-refractivity contribution in [3.63, 3.8) is 0 Å². The van der Waals surface area contributed by atoms with Crippen LogP contribution < -0.4 is 4.74 Å². The molecule has 0 spiro atoms. The molecule has 6 nitrogen and oxygen atoms in total. The lowest BCUT2D eigenvalue weighted by Gasteiger charge is -2.27. The molecule has 1 amide bonds. The minimum Gasteiger partial charge on any atom is -0.488 e. The average molecular weight is 398 g/mol. The van der Waals surface area contributed by atoms with E-state index in [1.807, 2.05) is 26.8 Å². The van der Waals surface area contributed by atoms with Crippen LogP contribution in [0.4, 0.5) is 4.79 Å². The van der Waals surface area contributed by atoms with Crippen molar-refractivity contribution in [3.8, 4) is 5.75 Å². The Morgan fingerprint density at radius 3 is 2.33 bits per heavy atom. The highest BCUT2D eigenvalue weighted by Gasteiger charge is 2.43. The predicted octanol–water partition coefficient (Wildman–Crippen LogP) is 4.48. The summed E-state index contributed by atoms with van der Waals surface area (Å²) in [6.45, 7) is 11.5. The zero-order valence-electron chi connectivity index (χ0n) is 16.7. The summed E-state index contributed by atoms with van der Waals surface area (Å²) >= 11 is 6.13. The highest BCUT2D eigenvalue weighted by atomic mass is 35.5. The molecule has 0 radical (unpaired) electrons. The molecular formula is C20H28ClNO5. The summed E-state index contributed by atoms with van der Waals surface area (Å²) in [6, 6.07) is 4.40. The van der Waals surface area contributed by atoms with Gasteiger partial charge in [0.2, 0.25) is 0 Å². The number of carbonyl (C=O) groups excluding carboxylic acids is 1. The van der Waals surface area contributed by atoms with E-state index in [4.69, 9.17) is 21.1 Å². The van der Waals surface area contributed by atoms with E-state index in [1.54, 1.807) is 32.9 Å². The molecule has 1 saturated heterocycles. The molecule has 1 heterocycles. The monoisotopic (exact) mass is 397 g/mol. The molecular weight excluding hydrogens is 370 g/mol. The van der Waals surface area contributed by atoms with Gasteiger partial charge in [-0.1, -0.05) is 32.4 Å². The van der Waals surface area contributed by atoms with E-state index < -0.39 is 29.8 Å². The van der Waals surface area contributed by atoms with Gasteiger partial charge in [0.15, 0.2) is 0 Å². The van der Waals surface area contributed by atoms with E-state index in [-0.39, 0.29) is 18.4 Å². The Labute approximate surface area is 165 Å². The molecule has 0 unspecified atom stereocenters. The maximum atomic E-state index is 12.4. The standard InChI is InChI=1S/C20H28ClNO5/c1-19(2,3)14-9-12(21)7-8-16(14)26-13-10-15(17(23)24)22(11-13)18(25)27-20(4,5)6/h7-9,13,15H,10-11H2,1-6H3,(H,23,24)/t13-,15-/m1/s1. The Balaban J connectivity index is 2.22. The maximum absolute atomic E-state index is 12.4. The van der Waals surface area contributed by atoms with E-state index in [0.29, 0.717) is 10.8 Å². The molecule has 0 aliphatic carbocycles.